The van der Waals surface area contributed by atoms with Gasteiger partial charge in [0.1, 0.15) is 11.5 Å². The van der Waals surface area contributed by atoms with Gasteiger partial charge in [-0.1, -0.05) is 29.8 Å². The summed E-state index contributed by atoms with van der Waals surface area (Å²) >= 11 is 5.96. The third kappa shape index (κ3) is 4.53. The number of rotatable bonds is 6. The standard InChI is InChI=1S/C24H19ClN2O3/c1-29-19-11-9-16(10-12-19)22-14-23(20-7-2-3-8-21(20)27-22)30-15-24(28)26-18-6-4-5-17(25)13-18/h2-14H,15H2,1H3,(H,26,28). The van der Waals surface area contributed by atoms with Gasteiger partial charge in [-0.3, -0.25) is 4.79 Å². The molecule has 4 aromatic rings. The number of carbonyl (C=O) groups excluding carboxylic acids is 1. The van der Waals surface area contributed by atoms with E-state index in [-0.39, 0.29) is 12.5 Å². The average Bonchev–Trinajstić information content (AvgIpc) is 2.77. The minimum absolute atomic E-state index is 0.136. The van der Waals surface area contributed by atoms with E-state index >= 15 is 0 Å². The minimum atomic E-state index is -0.274. The number of ether oxygens (including phenoxy) is 2. The van der Waals surface area contributed by atoms with Gasteiger partial charge in [0.2, 0.25) is 0 Å². The Bertz CT molecular complexity index is 1190. The first-order valence-corrected chi connectivity index (χ1v) is 9.72. The van der Waals surface area contributed by atoms with E-state index < -0.39 is 0 Å². The number of amides is 1. The van der Waals surface area contributed by atoms with Crippen LogP contribution in [-0.4, -0.2) is 24.6 Å². The summed E-state index contributed by atoms with van der Waals surface area (Å²) in [6, 6.07) is 24.1. The summed E-state index contributed by atoms with van der Waals surface area (Å²) in [5, 5.41) is 4.17. The van der Waals surface area contributed by atoms with Gasteiger partial charge in [0.15, 0.2) is 6.61 Å². The molecule has 3 aromatic carbocycles. The van der Waals surface area contributed by atoms with E-state index in [1.165, 1.54) is 0 Å². The second-order valence-electron chi connectivity index (χ2n) is 6.60. The molecule has 0 bridgehead atoms. The first-order valence-electron chi connectivity index (χ1n) is 9.35. The van der Waals surface area contributed by atoms with Crippen molar-refractivity contribution in [2.75, 3.05) is 19.0 Å². The number of nitrogens with one attached hydrogen (secondary N) is 1. The van der Waals surface area contributed by atoms with E-state index in [4.69, 9.17) is 26.1 Å². The Hall–Kier alpha value is -3.57. The molecule has 1 aromatic heterocycles. The van der Waals surface area contributed by atoms with Crippen LogP contribution >= 0.6 is 11.6 Å². The lowest BCUT2D eigenvalue weighted by atomic mass is 10.1. The number of aromatic nitrogens is 1. The molecule has 0 unspecified atom stereocenters. The fraction of sp³-hybridized carbons (Fsp3) is 0.0833. The Labute approximate surface area is 179 Å². The van der Waals surface area contributed by atoms with Gasteiger partial charge < -0.3 is 14.8 Å². The molecule has 0 radical (unpaired) electrons. The summed E-state index contributed by atoms with van der Waals surface area (Å²) < 4.78 is 11.1. The maximum atomic E-state index is 12.3. The van der Waals surface area contributed by atoms with Crippen LogP contribution in [0.15, 0.2) is 78.9 Å². The van der Waals surface area contributed by atoms with Gasteiger partial charge in [0.05, 0.1) is 18.3 Å². The number of carbonyl (C=O) groups is 1. The summed E-state index contributed by atoms with van der Waals surface area (Å²) in [5.41, 5.74) is 3.09. The highest BCUT2D eigenvalue weighted by Gasteiger charge is 2.11. The molecule has 0 spiro atoms. The highest BCUT2D eigenvalue weighted by atomic mass is 35.5. The molecule has 0 aliphatic carbocycles. The SMILES string of the molecule is COc1ccc(-c2cc(OCC(=O)Nc3cccc(Cl)c3)c3ccccc3n2)cc1. The Morgan fingerprint density at radius 3 is 2.57 bits per heavy atom. The summed E-state index contributed by atoms with van der Waals surface area (Å²) in [6.07, 6.45) is 0. The van der Waals surface area contributed by atoms with Crippen molar-refractivity contribution in [3.8, 4) is 22.8 Å². The third-order valence-electron chi connectivity index (χ3n) is 4.53. The molecular weight excluding hydrogens is 400 g/mol. The number of fused-ring (bicyclic) bond motifs is 1. The molecule has 6 heteroatoms. The third-order valence-corrected chi connectivity index (χ3v) is 4.77. The van der Waals surface area contributed by atoms with Crippen molar-refractivity contribution in [2.24, 2.45) is 0 Å². The lowest BCUT2D eigenvalue weighted by Gasteiger charge is -2.12. The van der Waals surface area contributed by atoms with Crippen molar-refractivity contribution in [2.45, 2.75) is 0 Å². The first kappa shape index (κ1) is 19.7. The molecule has 0 aliphatic heterocycles. The smallest absolute Gasteiger partial charge is 0.262 e. The van der Waals surface area contributed by atoms with Gasteiger partial charge in [-0.2, -0.15) is 0 Å². The molecule has 30 heavy (non-hydrogen) atoms. The average molecular weight is 419 g/mol. The van der Waals surface area contributed by atoms with Crippen LogP contribution in [0.2, 0.25) is 5.02 Å². The maximum absolute atomic E-state index is 12.3. The summed E-state index contributed by atoms with van der Waals surface area (Å²) in [7, 11) is 1.63. The molecule has 0 saturated carbocycles. The summed E-state index contributed by atoms with van der Waals surface area (Å²) in [5.74, 6) is 1.09. The van der Waals surface area contributed by atoms with Crippen LogP contribution in [0.4, 0.5) is 5.69 Å². The van der Waals surface area contributed by atoms with E-state index in [0.717, 1.165) is 27.9 Å². The predicted molar refractivity (Wildman–Crippen MR) is 119 cm³/mol. The number of hydrogen-bond donors (Lipinski definition) is 1. The number of halogens is 1. The van der Waals surface area contributed by atoms with Crippen LogP contribution < -0.4 is 14.8 Å². The zero-order chi connectivity index (χ0) is 20.9. The van der Waals surface area contributed by atoms with Gasteiger partial charge in [-0.25, -0.2) is 4.98 Å². The Kier molecular flexibility index (Phi) is 5.82. The summed E-state index contributed by atoms with van der Waals surface area (Å²) in [6.45, 7) is -0.136. The van der Waals surface area contributed by atoms with Crippen molar-refractivity contribution >= 4 is 34.1 Å². The lowest BCUT2D eigenvalue weighted by molar-refractivity contribution is -0.118. The van der Waals surface area contributed by atoms with Gasteiger partial charge in [-0.15, -0.1) is 0 Å². The van der Waals surface area contributed by atoms with Crippen LogP contribution in [0.1, 0.15) is 0 Å². The van der Waals surface area contributed by atoms with Crippen LogP contribution in [0.3, 0.4) is 0 Å². The zero-order valence-electron chi connectivity index (χ0n) is 16.3. The van der Waals surface area contributed by atoms with E-state index in [9.17, 15) is 4.79 Å². The largest absolute Gasteiger partial charge is 0.497 e. The van der Waals surface area contributed by atoms with Crippen molar-refractivity contribution in [1.29, 1.82) is 0 Å². The molecule has 1 heterocycles. The van der Waals surface area contributed by atoms with Crippen LogP contribution in [0.25, 0.3) is 22.2 Å². The van der Waals surface area contributed by atoms with Crippen molar-refractivity contribution in [3.05, 3.63) is 83.9 Å². The van der Waals surface area contributed by atoms with Gasteiger partial charge in [0, 0.05) is 27.7 Å². The molecule has 0 saturated heterocycles. The topological polar surface area (TPSA) is 60.5 Å². The number of anilines is 1. The predicted octanol–water partition coefficient (Wildman–Crippen LogP) is 5.58. The normalized spacial score (nSPS) is 10.6. The number of pyridine rings is 1. The van der Waals surface area contributed by atoms with Gasteiger partial charge in [-0.05, 0) is 54.6 Å². The fourth-order valence-electron chi connectivity index (χ4n) is 3.08. The number of benzene rings is 3. The van der Waals surface area contributed by atoms with Crippen molar-refractivity contribution < 1.29 is 14.3 Å². The zero-order valence-corrected chi connectivity index (χ0v) is 17.0. The van der Waals surface area contributed by atoms with Crippen molar-refractivity contribution in [1.82, 2.24) is 4.98 Å². The molecule has 5 nitrogen and oxygen atoms in total. The molecule has 150 valence electrons. The number of nitrogens with zero attached hydrogens (tertiary/aromatic N) is 1. The molecular formula is C24H19ClN2O3. The molecule has 0 fully saturated rings. The first-order chi connectivity index (χ1) is 14.6. The Balaban J connectivity index is 1.58. The molecule has 0 atom stereocenters. The van der Waals surface area contributed by atoms with E-state index in [1.807, 2.05) is 54.6 Å². The highest BCUT2D eigenvalue weighted by Crippen LogP contribution is 2.30. The molecule has 4 rings (SSSR count). The van der Waals surface area contributed by atoms with Crippen LogP contribution in [0.5, 0.6) is 11.5 Å². The monoisotopic (exact) mass is 418 g/mol. The number of para-hydroxylation sites is 1. The minimum Gasteiger partial charge on any atom is -0.497 e. The van der Waals surface area contributed by atoms with Crippen LogP contribution in [-0.2, 0) is 4.79 Å². The number of hydrogen-bond acceptors (Lipinski definition) is 4. The Morgan fingerprint density at radius 2 is 1.80 bits per heavy atom. The van der Waals surface area contributed by atoms with Gasteiger partial charge >= 0.3 is 0 Å². The highest BCUT2D eigenvalue weighted by molar-refractivity contribution is 6.30. The fourth-order valence-corrected chi connectivity index (χ4v) is 3.27. The Morgan fingerprint density at radius 1 is 1.00 bits per heavy atom. The maximum Gasteiger partial charge on any atom is 0.262 e. The molecule has 1 N–H and O–H groups in total. The van der Waals surface area contributed by atoms with E-state index in [1.54, 1.807) is 31.4 Å². The summed E-state index contributed by atoms with van der Waals surface area (Å²) in [4.78, 5) is 17.1. The van der Waals surface area contributed by atoms with E-state index in [2.05, 4.69) is 5.32 Å². The molecule has 0 aliphatic rings. The number of methoxy groups -OCH3 is 1. The van der Waals surface area contributed by atoms with E-state index in [0.29, 0.717) is 16.5 Å². The van der Waals surface area contributed by atoms with Crippen molar-refractivity contribution in [3.63, 3.8) is 0 Å². The quantitative estimate of drug-likeness (QED) is 0.444. The second-order valence-corrected chi connectivity index (χ2v) is 7.03. The molecule has 1 amide bonds. The second kappa shape index (κ2) is 8.84. The van der Waals surface area contributed by atoms with Gasteiger partial charge in [0.25, 0.3) is 5.91 Å². The lowest BCUT2D eigenvalue weighted by Crippen LogP contribution is -2.20. The van der Waals surface area contributed by atoms with Crippen LogP contribution in [0, 0.1) is 0 Å².